The molecule has 0 saturated heterocycles. The topological polar surface area (TPSA) is 73.8 Å². The Labute approximate surface area is 137 Å². The average Bonchev–Trinajstić information content (AvgIpc) is 3.13. The number of aryl methyl sites for hydroxylation is 2. The van der Waals surface area contributed by atoms with Crippen molar-refractivity contribution in [3.05, 3.63) is 38.9 Å². The molecular formula is C16H18N4O2S. The van der Waals surface area contributed by atoms with Gasteiger partial charge in [0.05, 0.1) is 11.7 Å². The fourth-order valence-corrected chi connectivity index (χ4v) is 4.46. The molecule has 0 unspecified atom stereocenters. The third-order valence-corrected chi connectivity index (χ3v) is 5.56. The number of hydrogen-bond donors (Lipinski definition) is 0. The minimum atomic E-state index is -0.00157. The highest BCUT2D eigenvalue weighted by atomic mass is 32.1. The van der Waals surface area contributed by atoms with Crippen LogP contribution in [0.3, 0.4) is 0 Å². The Hall–Kier alpha value is -2.02. The van der Waals surface area contributed by atoms with Crippen LogP contribution >= 0.6 is 11.3 Å². The number of hydrogen-bond acceptors (Lipinski definition) is 6. The van der Waals surface area contributed by atoms with E-state index < -0.39 is 0 Å². The van der Waals surface area contributed by atoms with Gasteiger partial charge in [0.2, 0.25) is 11.8 Å². The van der Waals surface area contributed by atoms with Gasteiger partial charge in [0.15, 0.2) is 0 Å². The van der Waals surface area contributed by atoms with Gasteiger partial charge in [0.1, 0.15) is 11.4 Å². The van der Waals surface area contributed by atoms with E-state index in [1.807, 2.05) is 6.92 Å². The SMILES string of the molecule is CCc1nnc(Cn2cnc3sc4c(c3c2=O)CC[C@@H](C)C4)o1. The molecule has 7 heteroatoms. The van der Waals surface area contributed by atoms with Crippen LogP contribution in [0.15, 0.2) is 15.5 Å². The van der Waals surface area contributed by atoms with Crippen LogP contribution in [0.5, 0.6) is 0 Å². The number of thiophene rings is 1. The first-order chi connectivity index (χ1) is 11.2. The fraction of sp³-hybridized carbons (Fsp3) is 0.500. The third-order valence-electron chi connectivity index (χ3n) is 4.40. The van der Waals surface area contributed by atoms with E-state index in [1.54, 1.807) is 22.2 Å². The van der Waals surface area contributed by atoms with Crippen LogP contribution in [0.25, 0.3) is 10.2 Å². The maximum Gasteiger partial charge on any atom is 0.262 e. The Morgan fingerprint density at radius 3 is 3.00 bits per heavy atom. The molecule has 0 N–H and O–H groups in total. The molecule has 1 aliphatic carbocycles. The second kappa shape index (κ2) is 5.56. The molecule has 1 atom stereocenters. The van der Waals surface area contributed by atoms with Crippen molar-refractivity contribution in [3.8, 4) is 0 Å². The zero-order valence-corrected chi connectivity index (χ0v) is 14.0. The standard InChI is InChI=1S/C16H18N4O2S/c1-3-12-18-19-13(22-12)7-20-8-17-15-14(16(20)21)10-5-4-9(2)6-11(10)23-15/h8-9H,3-7H2,1-2H3/t9-/m1/s1. The molecule has 0 aromatic carbocycles. The molecule has 6 nitrogen and oxygen atoms in total. The van der Waals surface area contributed by atoms with Crippen molar-refractivity contribution in [3.63, 3.8) is 0 Å². The van der Waals surface area contributed by atoms with Crippen LogP contribution in [0.1, 0.15) is 42.5 Å². The highest BCUT2D eigenvalue weighted by molar-refractivity contribution is 7.18. The minimum Gasteiger partial charge on any atom is -0.423 e. The van der Waals surface area contributed by atoms with Gasteiger partial charge in [-0.25, -0.2) is 4.98 Å². The molecule has 0 fully saturated rings. The highest BCUT2D eigenvalue weighted by Gasteiger charge is 2.23. The Balaban J connectivity index is 1.77. The van der Waals surface area contributed by atoms with Crippen LogP contribution in [0, 0.1) is 5.92 Å². The summed E-state index contributed by atoms with van der Waals surface area (Å²) >= 11 is 1.66. The Bertz CT molecular complexity index is 924. The number of rotatable bonds is 3. The van der Waals surface area contributed by atoms with Crippen molar-refractivity contribution in [1.82, 2.24) is 19.7 Å². The Kier molecular flexibility index (Phi) is 3.52. The Morgan fingerprint density at radius 1 is 1.39 bits per heavy atom. The second-order valence-electron chi connectivity index (χ2n) is 6.15. The van der Waals surface area contributed by atoms with Gasteiger partial charge in [-0.15, -0.1) is 21.5 Å². The summed E-state index contributed by atoms with van der Waals surface area (Å²) in [6.07, 6.45) is 5.44. The van der Waals surface area contributed by atoms with E-state index in [9.17, 15) is 4.79 Å². The van der Waals surface area contributed by atoms with Crippen LogP contribution in [0.2, 0.25) is 0 Å². The van der Waals surface area contributed by atoms with Gasteiger partial charge in [-0.1, -0.05) is 13.8 Å². The van der Waals surface area contributed by atoms with E-state index >= 15 is 0 Å². The molecule has 1 aliphatic rings. The van der Waals surface area contributed by atoms with Crippen LogP contribution in [-0.2, 0) is 25.8 Å². The molecule has 3 aromatic heterocycles. The first-order valence-corrected chi connectivity index (χ1v) is 8.78. The molecule has 23 heavy (non-hydrogen) atoms. The van der Waals surface area contributed by atoms with Gasteiger partial charge in [-0.2, -0.15) is 0 Å². The second-order valence-corrected chi connectivity index (χ2v) is 7.24. The lowest BCUT2D eigenvalue weighted by atomic mass is 9.89. The first-order valence-electron chi connectivity index (χ1n) is 7.96. The summed E-state index contributed by atoms with van der Waals surface area (Å²) in [5, 5.41) is 8.71. The molecule has 0 spiro atoms. The van der Waals surface area contributed by atoms with E-state index in [-0.39, 0.29) is 12.1 Å². The maximum atomic E-state index is 12.9. The van der Waals surface area contributed by atoms with Gasteiger partial charge in [0.25, 0.3) is 5.56 Å². The molecule has 0 radical (unpaired) electrons. The van der Waals surface area contributed by atoms with E-state index in [4.69, 9.17) is 4.42 Å². The number of fused-ring (bicyclic) bond motifs is 3. The van der Waals surface area contributed by atoms with Gasteiger partial charge in [-0.3, -0.25) is 9.36 Å². The van der Waals surface area contributed by atoms with Crippen molar-refractivity contribution in [2.45, 2.75) is 46.1 Å². The van der Waals surface area contributed by atoms with E-state index in [1.165, 1.54) is 10.4 Å². The fourth-order valence-electron chi connectivity index (χ4n) is 3.12. The lowest BCUT2D eigenvalue weighted by molar-refractivity contribution is 0.439. The molecule has 0 bridgehead atoms. The maximum absolute atomic E-state index is 12.9. The molecule has 3 heterocycles. The summed E-state index contributed by atoms with van der Waals surface area (Å²) in [6.45, 7) is 4.49. The van der Waals surface area contributed by atoms with Gasteiger partial charge >= 0.3 is 0 Å². The third kappa shape index (κ3) is 2.49. The summed E-state index contributed by atoms with van der Waals surface area (Å²) in [6, 6.07) is 0. The quantitative estimate of drug-likeness (QED) is 0.738. The summed E-state index contributed by atoms with van der Waals surface area (Å²) in [5.74, 6) is 1.72. The molecular weight excluding hydrogens is 312 g/mol. The number of aromatic nitrogens is 4. The zero-order chi connectivity index (χ0) is 16.0. The van der Waals surface area contributed by atoms with Gasteiger partial charge < -0.3 is 4.42 Å². The van der Waals surface area contributed by atoms with Gasteiger partial charge in [-0.05, 0) is 30.7 Å². The lowest BCUT2D eigenvalue weighted by Gasteiger charge is -2.17. The largest absolute Gasteiger partial charge is 0.423 e. The van der Waals surface area contributed by atoms with Crippen molar-refractivity contribution >= 4 is 21.6 Å². The molecule has 3 aromatic rings. The number of nitrogens with zero attached hydrogens (tertiary/aromatic N) is 4. The van der Waals surface area contributed by atoms with E-state index in [0.29, 0.717) is 24.1 Å². The zero-order valence-electron chi connectivity index (χ0n) is 13.2. The Morgan fingerprint density at radius 2 is 2.22 bits per heavy atom. The molecule has 0 amide bonds. The smallest absolute Gasteiger partial charge is 0.262 e. The van der Waals surface area contributed by atoms with Crippen molar-refractivity contribution in [1.29, 1.82) is 0 Å². The van der Waals surface area contributed by atoms with Gasteiger partial charge in [0, 0.05) is 11.3 Å². The summed E-state index contributed by atoms with van der Waals surface area (Å²) < 4.78 is 7.07. The predicted octanol–water partition coefficient (Wildman–Crippen LogP) is 2.58. The molecule has 0 aliphatic heterocycles. The lowest BCUT2D eigenvalue weighted by Crippen LogP contribution is -2.22. The monoisotopic (exact) mass is 330 g/mol. The molecule has 4 rings (SSSR count). The molecule has 0 saturated carbocycles. The van der Waals surface area contributed by atoms with Crippen molar-refractivity contribution in [2.24, 2.45) is 5.92 Å². The summed E-state index contributed by atoms with van der Waals surface area (Å²) in [7, 11) is 0. The van der Waals surface area contributed by atoms with E-state index in [2.05, 4.69) is 22.1 Å². The van der Waals surface area contributed by atoms with Crippen molar-refractivity contribution in [2.75, 3.05) is 0 Å². The van der Waals surface area contributed by atoms with Crippen molar-refractivity contribution < 1.29 is 4.42 Å². The van der Waals surface area contributed by atoms with Crippen LogP contribution in [0.4, 0.5) is 0 Å². The van der Waals surface area contributed by atoms with E-state index in [0.717, 1.165) is 29.5 Å². The summed E-state index contributed by atoms with van der Waals surface area (Å²) in [4.78, 5) is 19.5. The molecule has 120 valence electrons. The van der Waals surface area contributed by atoms with Crippen LogP contribution < -0.4 is 5.56 Å². The first kappa shape index (κ1) is 14.6. The average molecular weight is 330 g/mol. The minimum absolute atomic E-state index is 0.00157. The summed E-state index contributed by atoms with van der Waals surface area (Å²) in [5.41, 5.74) is 1.20. The predicted molar refractivity (Wildman–Crippen MR) is 87.8 cm³/mol. The highest BCUT2D eigenvalue weighted by Crippen LogP contribution is 2.35. The normalized spacial score (nSPS) is 17.6. The van der Waals surface area contributed by atoms with Crippen LogP contribution in [-0.4, -0.2) is 19.7 Å².